The second-order valence-corrected chi connectivity index (χ2v) is 5.98. The van der Waals surface area contributed by atoms with Crippen LogP contribution in [0.2, 0.25) is 0 Å². The number of phenolic OH excluding ortho intramolecular Hbond substituents is 1. The van der Waals surface area contributed by atoms with E-state index in [0.717, 1.165) is 0 Å². The van der Waals surface area contributed by atoms with Crippen LogP contribution < -0.4 is 10.9 Å². The first-order chi connectivity index (χ1) is 10.8. The number of nitrogens with one attached hydrogen (secondary N) is 1. The highest BCUT2D eigenvalue weighted by atomic mass is 16.3. The van der Waals surface area contributed by atoms with E-state index in [1.165, 1.54) is 10.6 Å². The van der Waals surface area contributed by atoms with Crippen molar-refractivity contribution in [3.8, 4) is 5.75 Å². The largest absolute Gasteiger partial charge is 0.506 e. The molecule has 1 saturated heterocycles. The van der Waals surface area contributed by atoms with Crippen LogP contribution in [-0.2, 0) is 15.1 Å². The summed E-state index contributed by atoms with van der Waals surface area (Å²) in [5, 5.41) is 12.4. The number of amides is 2. The highest BCUT2D eigenvalue weighted by molar-refractivity contribution is 5.99. The van der Waals surface area contributed by atoms with Crippen molar-refractivity contribution in [1.29, 1.82) is 0 Å². The molecule has 1 atom stereocenters. The molecule has 7 heteroatoms. The van der Waals surface area contributed by atoms with Crippen LogP contribution >= 0.6 is 0 Å². The number of para-hydroxylation sites is 1. The topological polar surface area (TPSA) is 101 Å². The van der Waals surface area contributed by atoms with E-state index in [-0.39, 0.29) is 29.0 Å². The third-order valence-electron chi connectivity index (χ3n) is 4.35. The van der Waals surface area contributed by atoms with Gasteiger partial charge in [0.25, 0.3) is 11.5 Å². The van der Waals surface area contributed by atoms with Gasteiger partial charge in [-0.1, -0.05) is 6.07 Å². The summed E-state index contributed by atoms with van der Waals surface area (Å²) in [6, 6.07) is 4.57. The summed E-state index contributed by atoms with van der Waals surface area (Å²) in [6.07, 6.45) is 1.10. The number of hydrogen-bond acceptors (Lipinski definition) is 5. The molecule has 1 aromatic carbocycles. The molecule has 0 saturated carbocycles. The van der Waals surface area contributed by atoms with Gasteiger partial charge in [-0.2, -0.15) is 0 Å². The molecule has 1 aliphatic rings. The number of nitrogens with zero attached hydrogens (tertiary/aromatic N) is 2. The van der Waals surface area contributed by atoms with Crippen LogP contribution in [0.1, 0.15) is 32.0 Å². The zero-order valence-corrected chi connectivity index (χ0v) is 12.9. The smallest absolute Gasteiger partial charge is 0.262 e. The molecule has 1 aliphatic heterocycles. The molecule has 1 aromatic heterocycles. The van der Waals surface area contributed by atoms with E-state index in [9.17, 15) is 19.5 Å². The molecular formula is C16H17N3O4. The molecule has 2 N–H and O–H groups in total. The molecule has 2 heterocycles. The third kappa shape index (κ3) is 2.28. The molecule has 1 fully saturated rings. The van der Waals surface area contributed by atoms with Crippen molar-refractivity contribution in [2.24, 2.45) is 0 Å². The molecule has 23 heavy (non-hydrogen) atoms. The predicted octanol–water partition coefficient (Wildman–Crippen LogP) is 0.952. The van der Waals surface area contributed by atoms with E-state index in [4.69, 9.17) is 0 Å². The monoisotopic (exact) mass is 315 g/mol. The zero-order chi connectivity index (χ0) is 16.8. The van der Waals surface area contributed by atoms with Crippen molar-refractivity contribution in [2.45, 2.75) is 38.6 Å². The number of imide groups is 1. The molecule has 0 radical (unpaired) electrons. The first-order valence-corrected chi connectivity index (χ1v) is 7.41. The molecule has 3 rings (SSSR count). The van der Waals surface area contributed by atoms with Gasteiger partial charge >= 0.3 is 0 Å². The van der Waals surface area contributed by atoms with Crippen molar-refractivity contribution < 1.29 is 14.7 Å². The fraction of sp³-hybridized carbons (Fsp3) is 0.375. The molecule has 1 unspecified atom stereocenters. The molecular weight excluding hydrogens is 298 g/mol. The normalized spacial score (nSPS) is 22.0. The lowest BCUT2D eigenvalue weighted by atomic mass is 9.94. The Hall–Kier alpha value is -2.70. The lowest BCUT2D eigenvalue weighted by molar-refractivity contribution is -0.134. The van der Waals surface area contributed by atoms with Crippen LogP contribution in [0.25, 0.3) is 10.9 Å². The molecule has 2 aromatic rings. The van der Waals surface area contributed by atoms with Gasteiger partial charge in [-0.25, -0.2) is 4.98 Å². The van der Waals surface area contributed by atoms with E-state index in [1.54, 1.807) is 26.0 Å². The van der Waals surface area contributed by atoms with E-state index >= 15 is 0 Å². The Bertz CT molecular complexity index is 887. The highest BCUT2D eigenvalue weighted by Gasteiger charge is 2.40. The lowest BCUT2D eigenvalue weighted by Crippen LogP contribution is -2.51. The summed E-state index contributed by atoms with van der Waals surface area (Å²) in [5.41, 5.74) is -1.39. The van der Waals surface area contributed by atoms with Crippen LogP contribution in [0, 0.1) is 6.92 Å². The average molecular weight is 315 g/mol. The number of aryl methyl sites for hydroxylation is 1. The summed E-state index contributed by atoms with van der Waals surface area (Å²) >= 11 is 0. The number of hydrogen-bond donors (Lipinski definition) is 2. The van der Waals surface area contributed by atoms with E-state index in [1.807, 2.05) is 0 Å². The van der Waals surface area contributed by atoms with Crippen LogP contribution in [0.4, 0.5) is 0 Å². The van der Waals surface area contributed by atoms with Crippen molar-refractivity contribution in [3.05, 3.63) is 34.4 Å². The molecule has 0 bridgehead atoms. The van der Waals surface area contributed by atoms with Gasteiger partial charge < -0.3 is 5.11 Å². The van der Waals surface area contributed by atoms with Crippen molar-refractivity contribution in [1.82, 2.24) is 14.9 Å². The Kier molecular flexibility index (Phi) is 3.43. The minimum absolute atomic E-state index is 0.0829. The Morgan fingerprint density at radius 2 is 2.04 bits per heavy atom. The highest BCUT2D eigenvalue weighted by Crippen LogP contribution is 2.28. The summed E-state index contributed by atoms with van der Waals surface area (Å²) < 4.78 is 1.32. The second-order valence-electron chi connectivity index (χ2n) is 5.98. The standard InChI is InChI=1S/C16H17N3O4/c1-9-17-13-10(5-3-6-11(13)20)14(22)19(9)16(2)8-4-7-12(21)18-15(16)23/h3,5-6,20H,4,7-8H2,1-2H3,(H,18,21,23). The maximum atomic E-state index is 12.9. The number of fused-ring (bicyclic) bond motifs is 1. The van der Waals surface area contributed by atoms with E-state index in [0.29, 0.717) is 18.7 Å². The molecule has 120 valence electrons. The van der Waals surface area contributed by atoms with Gasteiger partial charge in [0.05, 0.1) is 5.39 Å². The van der Waals surface area contributed by atoms with Crippen LogP contribution in [-0.4, -0.2) is 26.5 Å². The summed E-state index contributed by atoms with van der Waals surface area (Å²) in [6.45, 7) is 3.24. The van der Waals surface area contributed by atoms with Crippen molar-refractivity contribution in [2.75, 3.05) is 0 Å². The number of carbonyl (C=O) groups excluding carboxylic acids is 2. The quantitative estimate of drug-likeness (QED) is 0.763. The lowest BCUT2D eigenvalue weighted by Gasteiger charge is -2.30. The fourth-order valence-electron chi connectivity index (χ4n) is 3.13. The molecule has 0 spiro atoms. The van der Waals surface area contributed by atoms with E-state index < -0.39 is 17.0 Å². The number of aromatic nitrogens is 2. The number of rotatable bonds is 1. The minimum Gasteiger partial charge on any atom is -0.506 e. The Labute approximate surface area is 132 Å². The summed E-state index contributed by atoms with van der Waals surface area (Å²) in [7, 11) is 0. The van der Waals surface area contributed by atoms with Gasteiger partial charge in [0, 0.05) is 6.42 Å². The van der Waals surface area contributed by atoms with Crippen molar-refractivity contribution in [3.63, 3.8) is 0 Å². The number of carbonyl (C=O) groups is 2. The number of aromatic hydroxyl groups is 1. The van der Waals surface area contributed by atoms with Gasteiger partial charge in [0.15, 0.2) is 0 Å². The van der Waals surface area contributed by atoms with Gasteiger partial charge in [-0.05, 0) is 38.8 Å². The van der Waals surface area contributed by atoms with E-state index in [2.05, 4.69) is 10.3 Å². The van der Waals surface area contributed by atoms with Crippen LogP contribution in [0.5, 0.6) is 5.75 Å². The molecule has 2 amide bonds. The maximum absolute atomic E-state index is 12.9. The Morgan fingerprint density at radius 3 is 2.78 bits per heavy atom. The average Bonchev–Trinajstić information content (AvgIpc) is 2.60. The zero-order valence-electron chi connectivity index (χ0n) is 12.9. The molecule has 7 nitrogen and oxygen atoms in total. The number of phenols is 1. The van der Waals surface area contributed by atoms with Gasteiger partial charge in [0.2, 0.25) is 5.91 Å². The summed E-state index contributed by atoms with van der Waals surface area (Å²) in [5.74, 6) is -0.612. The SMILES string of the molecule is Cc1nc2c(O)cccc2c(=O)n1C1(C)CCCC(=O)NC1=O. The first-order valence-electron chi connectivity index (χ1n) is 7.41. The van der Waals surface area contributed by atoms with Crippen molar-refractivity contribution >= 4 is 22.7 Å². The Morgan fingerprint density at radius 1 is 1.30 bits per heavy atom. The number of benzene rings is 1. The fourth-order valence-corrected chi connectivity index (χ4v) is 3.13. The third-order valence-corrected chi connectivity index (χ3v) is 4.35. The van der Waals surface area contributed by atoms with Gasteiger partial charge in [-0.15, -0.1) is 0 Å². The first kappa shape index (κ1) is 15.2. The van der Waals surface area contributed by atoms with Gasteiger partial charge in [-0.3, -0.25) is 24.3 Å². The Balaban J connectivity index is 2.29. The van der Waals surface area contributed by atoms with Crippen LogP contribution in [0.3, 0.4) is 0 Å². The second kappa shape index (κ2) is 5.19. The van der Waals surface area contributed by atoms with Crippen LogP contribution in [0.15, 0.2) is 23.0 Å². The summed E-state index contributed by atoms with van der Waals surface area (Å²) in [4.78, 5) is 41.2. The van der Waals surface area contributed by atoms with Gasteiger partial charge in [0.1, 0.15) is 22.6 Å². The maximum Gasteiger partial charge on any atom is 0.262 e. The minimum atomic E-state index is -1.19. The molecule has 0 aliphatic carbocycles. The predicted molar refractivity (Wildman–Crippen MR) is 83.1 cm³/mol.